The van der Waals surface area contributed by atoms with Crippen LogP contribution in [0, 0.1) is 5.92 Å². The van der Waals surface area contributed by atoms with Crippen LogP contribution < -0.4 is 26.0 Å². The van der Waals surface area contributed by atoms with Crippen molar-refractivity contribution in [2.24, 2.45) is 11.7 Å². The zero-order valence-electron chi connectivity index (χ0n) is 18.6. The third-order valence-electron chi connectivity index (χ3n) is 4.95. The van der Waals surface area contributed by atoms with Crippen molar-refractivity contribution in [2.75, 3.05) is 6.79 Å². The summed E-state index contributed by atoms with van der Waals surface area (Å²) in [6.07, 6.45) is -0.870. The van der Waals surface area contributed by atoms with Gasteiger partial charge in [-0.3, -0.25) is 14.8 Å². The number of primary amides is 1. The molecule has 0 radical (unpaired) electrons. The van der Waals surface area contributed by atoms with Crippen LogP contribution in [0.5, 0.6) is 11.5 Å². The summed E-state index contributed by atoms with van der Waals surface area (Å²) in [6, 6.07) is 11.5. The van der Waals surface area contributed by atoms with E-state index in [-0.39, 0.29) is 13.2 Å². The van der Waals surface area contributed by atoms with Crippen molar-refractivity contribution >= 4 is 17.9 Å². The molecule has 176 valence electrons. The maximum Gasteiger partial charge on any atom is 0.408 e. The van der Waals surface area contributed by atoms with E-state index in [1.807, 2.05) is 30.3 Å². The molecule has 0 bridgehead atoms. The van der Waals surface area contributed by atoms with Crippen LogP contribution in [-0.4, -0.2) is 41.6 Å². The van der Waals surface area contributed by atoms with Gasteiger partial charge in [0.2, 0.25) is 12.7 Å². The van der Waals surface area contributed by atoms with E-state index in [1.165, 1.54) is 5.48 Å². The van der Waals surface area contributed by atoms with Crippen LogP contribution in [0.2, 0.25) is 0 Å². The predicted molar refractivity (Wildman–Crippen MR) is 117 cm³/mol. The average Bonchev–Trinajstić information content (AvgIpc) is 3.22. The fraction of sp³-hybridized carbons (Fsp3) is 0.348. The van der Waals surface area contributed by atoms with Crippen molar-refractivity contribution in [3.8, 4) is 22.6 Å². The highest BCUT2D eigenvalue weighted by atomic mass is 16.7. The lowest BCUT2D eigenvalue weighted by molar-refractivity contribution is -0.136. The Labute approximate surface area is 191 Å². The normalized spacial score (nSPS) is 14.2. The molecule has 0 aromatic heterocycles. The molecule has 1 aliphatic rings. The van der Waals surface area contributed by atoms with E-state index < -0.39 is 35.5 Å². The van der Waals surface area contributed by atoms with Crippen molar-refractivity contribution in [3.05, 3.63) is 48.0 Å². The first kappa shape index (κ1) is 23.9. The molecule has 0 saturated carbocycles. The summed E-state index contributed by atoms with van der Waals surface area (Å²) in [7, 11) is 0. The highest BCUT2D eigenvalue weighted by molar-refractivity contribution is 5.91. The molecule has 0 spiro atoms. The molecule has 0 fully saturated rings. The molecular weight excluding hydrogens is 430 g/mol. The number of alkyl carbamates (subject to hydrolysis) is 1. The van der Waals surface area contributed by atoms with Crippen LogP contribution in [0.3, 0.4) is 0 Å². The quantitative estimate of drug-likeness (QED) is 0.367. The van der Waals surface area contributed by atoms with Gasteiger partial charge in [0.15, 0.2) is 11.5 Å². The number of nitrogens with one attached hydrogen (secondary N) is 2. The number of rotatable bonds is 7. The number of hydroxylamine groups is 1. The first-order chi connectivity index (χ1) is 15.6. The number of benzene rings is 2. The van der Waals surface area contributed by atoms with E-state index in [2.05, 4.69) is 5.32 Å². The molecule has 3 rings (SSSR count). The largest absolute Gasteiger partial charge is 0.454 e. The van der Waals surface area contributed by atoms with Crippen molar-refractivity contribution in [3.63, 3.8) is 0 Å². The Hall–Kier alpha value is -3.79. The number of hydrogen-bond donors (Lipinski definition) is 4. The average molecular weight is 457 g/mol. The summed E-state index contributed by atoms with van der Waals surface area (Å²) < 4.78 is 15.9. The van der Waals surface area contributed by atoms with Crippen LogP contribution in [0.15, 0.2) is 42.5 Å². The molecule has 10 nitrogen and oxygen atoms in total. The van der Waals surface area contributed by atoms with Crippen LogP contribution in [0.25, 0.3) is 11.1 Å². The van der Waals surface area contributed by atoms with Crippen molar-refractivity contribution in [1.29, 1.82) is 0 Å². The number of hydrogen-bond acceptors (Lipinski definition) is 7. The standard InChI is InChI=1S/C23H27N3O7/c1-23(2,3)33-22(29)25-19(21(28)26-30)16(20(24)27)10-13-4-6-14(7-5-13)15-8-9-17-18(11-15)32-12-31-17/h4-9,11,16,19,30H,10,12H2,1-3H3,(H2,24,27)(H,25,29)(H,26,28)/t16-,19+/m1/s1. The zero-order chi connectivity index (χ0) is 24.2. The number of ether oxygens (including phenoxy) is 3. The molecule has 1 heterocycles. The highest BCUT2D eigenvalue weighted by Crippen LogP contribution is 2.36. The van der Waals surface area contributed by atoms with Crippen LogP contribution in [0.1, 0.15) is 26.3 Å². The van der Waals surface area contributed by atoms with Gasteiger partial charge in [0.05, 0.1) is 5.92 Å². The number of fused-ring (bicyclic) bond motifs is 1. The second kappa shape index (κ2) is 9.78. The summed E-state index contributed by atoms with van der Waals surface area (Å²) in [6.45, 7) is 5.15. The van der Waals surface area contributed by atoms with Gasteiger partial charge in [-0.2, -0.15) is 0 Å². The van der Waals surface area contributed by atoms with Crippen LogP contribution >= 0.6 is 0 Å². The summed E-state index contributed by atoms with van der Waals surface area (Å²) >= 11 is 0. The molecule has 5 N–H and O–H groups in total. The van der Waals surface area contributed by atoms with Gasteiger partial charge in [-0.1, -0.05) is 30.3 Å². The molecule has 2 atom stereocenters. The smallest absolute Gasteiger partial charge is 0.408 e. The Balaban J connectivity index is 1.77. The van der Waals surface area contributed by atoms with Crippen LogP contribution in [-0.2, 0) is 20.7 Å². The fourth-order valence-electron chi connectivity index (χ4n) is 3.40. The summed E-state index contributed by atoms with van der Waals surface area (Å²) in [5, 5.41) is 11.4. The lowest BCUT2D eigenvalue weighted by atomic mass is 9.90. The molecule has 0 saturated heterocycles. The maximum absolute atomic E-state index is 12.2. The van der Waals surface area contributed by atoms with Crippen molar-refractivity contribution in [2.45, 2.75) is 38.8 Å². The van der Waals surface area contributed by atoms with E-state index >= 15 is 0 Å². The Morgan fingerprint density at radius 1 is 1.06 bits per heavy atom. The predicted octanol–water partition coefficient (Wildman–Crippen LogP) is 2.12. The topological polar surface area (TPSA) is 149 Å². The van der Waals surface area contributed by atoms with Gasteiger partial charge in [0.25, 0.3) is 5.91 Å². The van der Waals surface area contributed by atoms with E-state index in [0.717, 1.165) is 11.1 Å². The van der Waals surface area contributed by atoms with Crippen LogP contribution in [0.4, 0.5) is 4.79 Å². The molecule has 2 aromatic carbocycles. The number of carbonyl (C=O) groups is 3. The summed E-state index contributed by atoms with van der Waals surface area (Å²) in [4.78, 5) is 36.6. The maximum atomic E-state index is 12.2. The van der Waals surface area contributed by atoms with Gasteiger partial charge in [0.1, 0.15) is 11.6 Å². The van der Waals surface area contributed by atoms with Gasteiger partial charge in [-0.05, 0) is 56.0 Å². The third-order valence-corrected chi connectivity index (χ3v) is 4.95. The molecule has 3 amide bonds. The number of amides is 3. The van der Waals surface area contributed by atoms with E-state index in [4.69, 9.17) is 25.2 Å². The van der Waals surface area contributed by atoms with E-state index in [1.54, 1.807) is 32.9 Å². The van der Waals surface area contributed by atoms with Gasteiger partial charge < -0.3 is 25.3 Å². The SMILES string of the molecule is CC(C)(C)OC(=O)N[C@H](C(=O)NO)[C@@H](Cc1ccc(-c2ccc3c(c2)OCO3)cc1)C(N)=O. The molecule has 1 aliphatic heterocycles. The first-order valence-electron chi connectivity index (χ1n) is 10.3. The lowest BCUT2D eigenvalue weighted by Gasteiger charge is -2.26. The summed E-state index contributed by atoms with van der Waals surface area (Å²) in [5.41, 5.74) is 8.70. The number of nitrogens with two attached hydrogens (primary N) is 1. The van der Waals surface area contributed by atoms with Crippen molar-refractivity contribution in [1.82, 2.24) is 10.8 Å². The Morgan fingerprint density at radius 3 is 2.30 bits per heavy atom. The molecule has 33 heavy (non-hydrogen) atoms. The minimum Gasteiger partial charge on any atom is -0.454 e. The van der Waals surface area contributed by atoms with Gasteiger partial charge in [0, 0.05) is 0 Å². The Kier molecular flexibility index (Phi) is 7.07. The molecule has 0 unspecified atom stereocenters. The zero-order valence-corrected chi connectivity index (χ0v) is 18.6. The minimum absolute atomic E-state index is 0.0463. The van der Waals surface area contributed by atoms with Gasteiger partial charge in [-0.15, -0.1) is 0 Å². The second-order valence-corrected chi connectivity index (χ2v) is 8.58. The molecule has 2 aromatic rings. The second-order valence-electron chi connectivity index (χ2n) is 8.58. The Bertz CT molecular complexity index is 1030. The molecule has 10 heteroatoms. The molecular formula is C23H27N3O7. The fourth-order valence-corrected chi connectivity index (χ4v) is 3.40. The van der Waals surface area contributed by atoms with Gasteiger partial charge >= 0.3 is 6.09 Å². The van der Waals surface area contributed by atoms with Crippen molar-refractivity contribution < 1.29 is 33.8 Å². The minimum atomic E-state index is -1.43. The summed E-state index contributed by atoms with van der Waals surface area (Å²) in [5.74, 6) is -1.59. The highest BCUT2D eigenvalue weighted by Gasteiger charge is 2.35. The van der Waals surface area contributed by atoms with E-state index in [0.29, 0.717) is 17.1 Å². The lowest BCUT2D eigenvalue weighted by Crippen LogP contribution is -2.55. The molecule has 0 aliphatic carbocycles. The Morgan fingerprint density at radius 2 is 1.70 bits per heavy atom. The first-order valence-corrected chi connectivity index (χ1v) is 10.3. The third kappa shape index (κ3) is 6.13. The number of carbonyl (C=O) groups excluding carboxylic acids is 3. The van der Waals surface area contributed by atoms with Gasteiger partial charge in [-0.25, -0.2) is 10.3 Å². The van der Waals surface area contributed by atoms with E-state index in [9.17, 15) is 14.4 Å². The monoisotopic (exact) mass is 457 g/mol.